The van der Waals surface area contributed by atoms with Gasteiger partial charge in [-0.05, 0) is 92.4 Å². The maximum Gasteiger partial charge on any atom is 0.254 e. The molecule has 5 nitrogen and oxygen atoms in total. The molecule has 0 spiro atoms. The Balaban J connectivity index is 1.20. The summed E-state index contributed by atoms with van der Waals surface area (Å²) in [6, 6.07) is 11.8. The molecule has 1 N–H and O–H groups in total. The Morgan fingerprint density at radius 1 is 1.00 bits per heavy atom. The van der Waals surface area contributed by atoms with Gasteiger partial charge in [0, 0.05) is 48.9 Å². The molecule has 2 aliphatic heterocycles. The maximum absolute atomic E-state index is 13.5. The van der Waals surface area contributed by atoms with Crippen LogP contribution in [0.3, 0.4) is 0 Å². The van der Waals surface area contributed by atoms with Gasteiger partial charge in [-0.15, -0.1) is 0 Å². The molecule has 2 saturated heterocycles. The number of aryl methyl sites for hydroxylation is 1. The number of aliphatic hydroxyl groups excluding tert-OH is 1. The Hall–Kier alpha value is -1.89. The number of carbonyl (C=O) groups is 1. The van der Waals surface area contributed by atoms with Gasteiger partial charge in [0.25, 0.3) is 5.91 Å². The zero-order valence-electron chi connectivity index (χ0n) is 21.0. The molecule has 5 rings (SSSR count). The fourth-order valence-corrected chi connectivity index (χ4v) is 6.66. The van der Waals surface area contributed by atoms with E-state index in [-0.39, 0.29) is 18.4 Å². The van der Waals surface area contributed by atoms with E-state index in [4.69, 9.17) is 34.8 Å². The Morgan fingerprint density at radius 2 is 1.78 bits per heavy atom. The molecule has 0 radical (unpaired) electrons. The van der Waals surface area contributed by atoms with Crippen LogP contribution in [0.5, 0.6) is 0 Å². The Kier molecular flexibility index (Phi) is 8.28. The van der Waals surface area contributed by atoms with E-state index in [0.717, 1.165) is 68.3 Å². The number of amides is 1. The third-order valence-electron chi connectivity index (χ3n) is 8.14. The van der Waals surface area contributed by atoms with Crippen LogP contribution in [0, 0.1) is 18.8 Å². The smallest absolute Gasteiger partial charge is 0.254 e. The van der Waals surface area contributed by atoms with Gasteiger partial charge in [-0.2, -0.15) is 0 Å². The first-order chi connectivity index (χ1) is 17.8. The SMILES string of the molecule is Cc1cc(Cl)cc2c(C(=O)N3CCC(N4CC[C@H](Cc5ccc(Cl)c(Cl)c5)[C@H](CO)C4)CC3)ccnc12. The van der Waals surface area contributed by atoms with Crippen molar-refractivity contribution in [2.75, 3.05) is 32.8 Å². The molecule has 8 heteroatoms. The minimum Gasteiger partial charge on any atom is -0.396 e. The molecule has 1 amide bonds. The molecule has 1 aromatic heterocycles. The second kappa shape index (κ2) is 11.5. The molecule has 0 aliphatic carbocycles. The summed E-state index contributed by atoms with van der Waals surface area (Å²) in [5, 5.41) is 12.8. The number of halogens is 3. The largest absolute Gasteiger partial charge is 0.396 e. The molecule has 2 aromatic carbocycles. The molecule has 2 atom stereocenters. The topological polar surface area (TPSA) is 56.7 Å². The highest BCUT2D eigenvalue weighted by Crippen LogP contribution is 2.33. The van der Waals surface area contributed by atoms with Crippen molar-refractivity contribution in [1.82, 2.24) is 14.8 Å². The number of likely N-dealkylation sites (tertiary alicyclic amines) is 2. The second-order valence-electron chi connectivity index (χ2n) is 10.4. The predicted molar refractivity (Wildman–Crippen MR) is 151 cm³/mol. The Morgan fingerprint density at radius 3 is 2.51 bits per heavy atom. The van der Waals surface area contributed by atoms with E-state index < -0.39 is 0 Å². The molecule has 3 heterocycles. The van der Waals surface area contributed by atoms with E-state index in [0.29, 0.717) is 32.6 Å². The van der Waals surface area contributed by atoms with Gasteiger partial charge in [-0.1, -0.05) is 40.9 Å². The van der Waals surface area contributed by atoms with Crippen molar-refractivity contribution in [1.29, 1.82) is 0 Å². The summed E-state index contributed by atoms with van der Waals surface area (Å²) >= 11 is 18.6. The Bertz CT molecular complexity index is 1290. The lowest BCUT2D eigenvalue weighted by atomic mass is 9.80. The summed E-state index contributed by atoms with van der Waals surface area (Å²) in [5.41, 5.74) is 3.62. The normalized spacial score (nSPS) is 21.5. The van der Waals surface area contributed by atoms with Gasteiger partial charge < -0.3 is 10.0 Å². The van der Waals surface area contributed by atoms with Gasteiger partial charge in [-0.25, -0.2) is 0 Å². The van der Waals surface area contributed by atoms with Crippen molar-refractivity contribution < 1.29 is 9.90 Å². The van der Waals surface area contributed by atoms with Crippen molar-refractivity contribution in [3.05, 3.63) is 74.4 Å². The first-order valence-electron chi connectivity index (χ1n) is 13.0. The van der Waals surface area contributed by atoms with Crippen molar-refractivity contribution in [2.24, 2.45) is 11.8 Å². The summed E-state index contributed by atoms with van der Waals surface area (Å²) in [4.78, 5) is 22.4. The van der Waals surface area contributed by atoms with Crippen molar-refractivity contribution in [2.45, 2.75) is 38.6 Å². The Labute approximate surface area is 233 Å². The van der Waals surface area contributed by atoms with Gasteiger partial charge in [0.05, 0.1) is 21.1 Å². The molecule has 196 valence electrons. The fraction of sp³-hybridized carbons (Fsp3) is 0.448. The van der Waals surface area contributed by atoms with E-state index in [1.807, 2.05) is 42.2 Å². The van der Waals surface area contributed by atoms with Crippen LogP contribution >= 0.6 is 34.8 Å². The number of hydrogen-bond acceptors (Lipinski definition) is 4. The standard InChI is InChI=1S/C29H32Cl3N3O2/c1-18-12-22(30)15-25-24(4-8-33-28(18)25)29(37)34-10-6-23(7-11-34)35-9-5-20(21(16-35)17-36)13-19-2-3-26(31)27(32)14-19/h2-4,8,12,14-15,20-21,23,36H,5-7,9-11,13,16-17H2,1H3/t20-,21+/m1/s1. The van der Waals surface area contributed by atoms with Crippen LogP contribution in [-0.2, 0) is 6.42 Å². The van der Waals surface area contributed by atoms with Gasteiger partial charge in [0.15, 0.2) is 0 Å². The van der Waals surface area contributed by atoms with Gasteiger partial charge in [0.2, 0.25) is 0 Å². The van der Waals surface area contributed by atoms with Gasteiger partial charge in [0.1, 0.15) is 0 Å². The fourth-order valence-electron chi connectivity index (χ4n) is 6.06. The van der Waals surface area contributed by atoms with Gasteiger partial charge in [-0.3, -0.25) is 14.7 Å². The van der Waals surface area contributed by atoms with Crippen LogP contribution in [0.15, 0.2) is 42.6 Å². The number of carbonyl (C=O) groups excluding carboxylic acids is 1. The molecule has 0 unspecified atom stereocenters. The number of hydrogen-bond donors (Lipinski definition) is 1. The number of nitrogens with zero attached hydrogens (tertiary/aromatic N) is 3. The lowest BCUT2D eigenvalue weighted by Crippen LogP contribution is -2.52. The number of piperidine rings is 2. The predicted octanol–water partition coefficient (Wildman–Crippen LogP) is 6.28. The number of aromatic nitrogens is 1. The van der Waals surface area contributed by atoms with Crippen LogP contribution < -0.4 is 0 Å². The van der Waals surface area contributed by atoms with Crippen molar-refractivity contribution in [3.8, 4) is 0 Å². The van der Waals surface area contributed by atoms with Gasteiger partial charge >= 0.3 is 0 Å². The molecule has 0 bridgehead atoms. The first kappa shape index (κ1) is 26.7. The third-order valence-corrected chi connectivity index (χ3v) is 9.10. The van der Waals surface area contributed by atoms with E-state index in [9.17, 15) is 9.90 Å². The van der Waals surface area contributed by atoms with Crippen LogP contribution in [0.1, 0.15) is 40.7 Å². The van der Waals surface area contributed by atoms with Crippen LogP contribution in [0.2, 0.25) is 15.1 Å². The molecule has 2 aliphatic rings. The number of aliphatic hydroxyl groups is 1. The second-order valence-corrected chi connectivity index (χ2v) is 11.7. The maximum atomic E-state index is 13.5. The highest BCUT2D eigenvalue weighted by molar-refractivity contribution is 6.42. The average Bonchev–Trinajstić information content (AvgIpc) is 2.90. The minimum absolute atomic E-state index is 0.0427. The molecule has 2 fully saturated rings. The minimum atomic E-state index is 0.0427. The summed E-state index contributed by atoms with van der Waals surface area (Å²) in [6.45, 7) is 5.48. The number of rotatable bonds is 5. The average molecular weight is 561 g/mol. The van der Waals surface area contributed by atoms with Crippen LogP contribution in [0.25, 0.3) is 10.9 Å². The first-order valence-corrected chi connectivity index (χ1v) is 14.1. The summed E-state index contributed by atoms with van der Waals surface area (Å²) < 4.78 is 0. The lowest BCUT2D eigenvalue weighted by Gasteiger charge is -2.44. The van der Waals surface area contributed by atoms with Crippen molar-refractivity contribution >= 4 is 51.6 Å². The molecular formula is C29H32Cl3N3O2. The summed E-state index contributed by atoms with van der Waals surface area (Å²) in [5.74, 6) is 0.676. The number of pyridine rings is 1. The zero-order valence-corrected chi connectivity index (χ0v) is 23.2. The zero-order chi connectivity index (χ0) is 26.1. The molecule has 37 heavy (non-hydrogen) atoms. The quantitative estimate of drug-likeness (QED) is 0.399. The highest BCUT2D eigenvalue weighted by atomic mass is 35.5. The highest BCUT2D eigenvalue weighted by Gasteiger charge is 2.34. The van der Waals surface area contributed by atoms with Crippen LogP contribution in [-0.4, -0.2) is 64.6 Å². The molecule has 0 saturated carbocycles. The third kappa shape index (κ3) is 5.76. The lowest BCUT2D eigenvalue weighted by molar-refractivity contribution is 0.0242. The monoisotopic (exact) mass is 559 g/mol. The summed E-state index contributed by atoms with van der Waals surface area (Å²) in [6.07, 6.45) is 5.51. The van der Waals surface area contributed by atoms with E-state index in [1.54, 1.807) is 12.3 Å². The van der Waals surface area contributed by atoms with E-state index >= 15 is 0 Å². The van der Waals surface area contributed by atoms with Crippen molar-refractivity contribution in [3.63, 3.8) is 0 Å². The molecular weight excluding hydrogens is 529 g/mol. The van der Waals surface area contributed by atoms with E-state index in [1.165, 1.54) is 5.56 Å². The summed E-state index contributed by atoms with van der Waals surface area (Å²) in [7, 11) is 0. The number of fused-ring (bicyclic) bond motifs is 1. The van der Waals surface area contributed by atoms with Crippen LogP contribution in [0.4, 0.5) is 0 Å². The molecule has 3 aromatic rings. The van der Waals surface area contributed by atoms with E-state index in [2.05, 4.69) is 9.88 Å². The number of benzene rings is 2.